The predicted molar refractivity (Wildman–Crippen MR) is 74.2 cm³/mol. The van der Waals surface area contributed by atoms with E-state index in [-0.39, 0.29) is 11.4 Å². The van der Waals surface area contributed by atoms with Crippen molar-refractivity contribution in [2.24, 2.45) is 0 Å². The first kappa shape index (κ1) is 14.8. The van der Waals surface area contributed by atoms with Crippen LogP contribution in [0.3, 0.4) is 0 Å². The van der Waals surface area contributed by atoms with Crippen LogP contribution < -0.4 is 4.74 Å². The summed E-state index contributed by atoms with van der Waals surface area (Å²) in [6.45, 7) is 1.51. The van der Waals surface area contributed by atoms with Gasteiger partial charge in [0.25, 0.3) is 5.91 Å². The number of carbonyl (C=O) groups excluding carboxylic acids is 1. The van der Waals surface area contributed by atoms with Crippen molar-refractivity contribution in [2.75, 3.05) is 5.75 Å². The lowest BCUT2D eigenvalue weighted by atomic mass is 9.92. The number of aliphatic carboxylic acids is 1. The lowest BCUT2D eigenvalue weighted by molar-refractivity contribution is -0.170. The summed E-state index contributed by atoms with van der Waals surface area (Å²) in [7, 11) is 0. The molecule has 22 heavy (non-hydrogen) atoms. The van der Waals surface area contributed by atoms with Gasteiger partial charge >= 0.3 is 5.97 Å². The molecule has 0 spiro atoms. The molecule has 0 bridgehead atoms. The van der Waals surface area contributed by atoms with Gasteiger partial charge in [0.2, 0.25) is 5.60 Å². The number of rotatable bonds is 3. The number of carboxylic acid groups (broad SMARTS) is 1. The lowest BCUT2D eigenvalue weighted by Gasteiger charge is -2.54. The summed E-state index contributed by atoms with van der Waals surface area (Å²) in [5.74, 6) is -3.36. The summed E-state index contributed by atoms with van der Waals surface area (Å²) in [5, 5.41) is 8.58. The summed E-state index contributed by atoms with van der Waals surface area (Å²) in [6, 6.07) is 2.99. The second-order valence-corrected chi connectivity index (χ2v) is 6.15. The molecule has 1 aromatic carbocycles. The molecule has 1 N–H and O–H groups in total. The van der Waals surface area contributed by atoms with Crippen molar-refractivity contribution in [1.29, 1.82) is 0 Å². The molecule has 3 rings (SSSR count). The number of nitrogens with zero attached hydrogens (tertiary/aromatic N) is 1. The van der Waals surface area contributed by atoms with Crippen molar-refractivity contribution in [3.8, 4) is 5.75 Å². The molecule has 116 valence electrons. The Morgan fingerprint density at radius 1 is 1.45 bits per heavy atom. The Bertz CT molecular complexity index is 708. The van der Waals surface area contributed by atoms with Gasteiger partial charge in [0.05, 0.1) is 0 Å². The molecule has 5 nitrogen and oxygen atoms in total. The second kappa shape index (κ2) is 4.98. The van der Waals surface area contributed by atoms with Gasteiger partial charge in [-0.25, -0.2) is 13.6 Å². The SMILES string of the molecule is CC1(Oc2ccc(F)c(F)c2)C(=O)N2C(C(=O)O)=CCS[C@H]21. The van der Waals surface area contributed by atoms with Crippen LogP contribution in [0.25, 0.3) is 0 Å². The van der Waals surface area contributed by atoms with E-state index >= 15 is 0 Å². The Hall–Kier alpha value is -2.09. The Kier molecular flexibility index (Phi) is 3.36. The standard InChI is InChI=1S/C14H11F2NO4S/c1-14(21-7-2-3-8(15)9(16)6-7)12(20)17-10(11(18)19)4-5-22-13(14)17/h2-4,6,13H,5H2,1H3,(H,18,19)/t13-,14?/m0/s1. The molecule has 2 heterocycles. The molecule has 2 aliphatic heterocycles. The van der Waals surface area contributed by atoms with E-state index in [2.05, 4.69) is 0 Å². The van der Waals surface area contributed by atoms with Crippen molar-refractivity contribution in [3.63, 3.8) is 0 Å². The molecule has 1 fully saturated rings. The smallest absolute Gasteiger partial charge is 0.352 e. The zero-order chi connectivity index (χ0) is 16.1. The maximum absolute atomic E-state index is 13.2. The second-order valence-electron chi connectivity index (χ2n) is 5.04. The van der Waals surface area contributed by atoms with Crippen molar-refractivity contribution in [3.05, 3.63) is 41.6 Å². The third kappa shape index (κ3) is 2.06. The molecule has 1 amide bonds. The fourth-order valence-electron chi connectivity index (χ4n) is 2.49. The van der Waals surface area contributed by atoms with Gasteiger partial charge in [-0.15, -0.1) is 11.8 Å². The summed E-state index contributed by atoms with van der Waals surface area (Å²) in [6.07, 6.45) is 1.46. The normalized spacial score (nSPS) is 26.9. The molecule has 1 aromatic rings. The Labute approximate surface area is 128 Å². The van der Waals surface area contributed by atoms with E-state index in [1.165, 1.54) is 30.8 Å². The minimum absolute atomic E-state index is 0.0152. The van der Waals surface area contributed by atoms with Crippen LogP contribution in [0.15, 0.2) is 30.0 Å². The number of thioether (sulfide) groups is 1. The number of hydrogen-bond donors (Lipinski definition) is 1. The number of β-lactam (4-membered cyclic amide) rings is 1. The van der Waals surface area contributed by atoms with Crippen LogP contribution in [0.5, 0.6) is 5.75 Å². The summed E-state index contributed by atoms with van der Waals surface area (Å²) < 4.78 is 31.7. The highest BCUT2D eigenvalue weighted by Gasteiger charge is 2.63. The quantitative estimate of drug-likeness (QED) is 0.860. The fourth-order valence-corrected chi connectivity index (χ4v) is 3.75. The third-order valence-corrected chi connectivity index (χ3v) is 4.92. The monoisotopic (exact) mass is 327 g/mol. The Morgan fingerprint density at radius 3 is 2.82 bits per heavy atom. The minimum atomic E-state index is -1.32. The summed E-state index contributed by atoms with van der Waals surface area (Å²) in [5.41, 5.74) is -1.40. The molecule has 2 atom stereocenters. The van der Waals surface area contributed by atoms with Crippen LogP contribution in [0.4, 0.5) is 8.78 Å². The molecule has 0 saturated carbocycles. The van der Waals surface area contributed by atoms with E-state index in [0.717, 1.165) is 17.0 Å². The van der Waals surface area contributed by atoms with Gasteiger partial charge in [-0.1, -0.05) is 0 Å². The van der Waals surface area contributed by atoms with Crippen LogP contribution in [0.2, 0.25) is 0 Å². The average Bonchev–Trinajstić information content (AvgIpc) is 2.49. The zero-order valence-electron chi connectivity index (χ0n) is 11.4. The number of fused-ring (bicyclic) bond motifs is 1. The lowest BCUT2D eigenvalue weighted by Crippen LogP contribution is -2.74. The van der Waals surface area contributed by atoms with Gasteiger partial charge in [0.1, 0.15) is 16.8 Å². The molecule has 1 unspecified atom stereocenters. The van der Waals surface area contributed by atoms with Gasteiger partial charge < -0.3 is 9.84 Å². The molecule has 2 aliphatic rings. The molecule has 0 aromatic heterocycles. The molecular formula is C14H11F2NO4S. The van der Waals surface area contributed by atoms with Crippen molar-refractivity contribution in [2.45, 2.75) is 17.9 Å². The van der Waals surface area contributed by atoms with Crippen LogP contribution >= 0.6 is 11.8 Å². The number of ether oxygens (including phenoxy) is 1. The van der Waals surface area contributed by atoms with E-state index in [0.29, 0.717) is 5.75 Å². The zero-order valence-corrected chi connectivity index (χ0v) is 12.2. The molecule has 8 heteroatoms. The topological polar surface area (TPSA) is 66.8 Å². The van der Waals surface area contributed by atoms with Crippen LogP contribution in [0.1, 0.15) is 6.92 Å². The maximum atomic E-state index is 13.2. The van der Waals surface area contributed by atoms with Crippen molar-refractivity contribution >= 4 is 23.6 Å². The van der Waals surface area contributed by atoms with E-state index < -0.39 is 34.5 Å². The van der Waals surface area contributed by atoms with Crippen LogP contribution in [0, 0.1) is 11.6 Å². The number of halogens is 2. The Balaban J connectivity index is 1.86. The summed E-state index contributed by atoms with van der Waals surface area (Å²) in [4.78, 5) is 24.6. The highest BCUT2D eigenvalue weighted by Crippen LogP contribution is 2.46. The van der Waals surface area contributed by atoms with Crippen molar-refractivity contribution in [1.82, 2.24) is 4.90 Å². The van der Waals surface area contributed by atoms with Gasteiger partial charge in [0, 0.05) is 11.8 Å². The number of hydrogen-bond acceptors (Lipinski definition) is 4. The fraction of sp³-hybridized carbons (Fsp3) is 0.286. The molecule has 0 radical (unpaired) electrons. The maximum Gasteiger partial charge on any atom is 0.352 e. The Morgan fingerprint density at radius 2 is 2.18 bits per heavy atom. The minimum Gasteiger partial charge on any atom is -0.477 e. The van der Waals surface area contributed by atoms with E-state index in [1.54, 1.807) is 0 Å². The van der Waals surface area contributed by atoms with Gasteiger partial charge in [0.15, 0.2) is 11.6 Å². The average molecular weight is 327 g/mol. The van der Waals surface area contributed by atoms with E-state index in [1.807, 2.05) is 0 Å². The first-order chi connectivity index (χ1) is 10.3. The predicted octanol–water partition coefficient (Wildman–Crippen LogP) is 1.99. The number of amides is 1. The van der Waals surface area contributed by atoms with Gasteiger partial charge in [-0.3, -0.25) is 9.69 Å². The third-order valence-electron chi connectivity index (χ3n) is 3.58. The number of benzene rings is 1. The van der Waals surface area contributed by atoms with Crippen LogP contribution in [-0.4, -0.2) is 38.6 Å². The highest BCUT2D eigenvalue weighted by atomic mass is 32.2. The van der Waals surface area contributed by atoms with Gasteiger partial charge in [-0.05, 0) is 25.1 Å². The molecular weight excluding hydrogens is 316 g/mol. The highest BCUT2D eigenvalue weighted by molar-refractivity contribution is 8.00. The van der Waals surface area contributed by atoms with Gasteiger partial charge in [-0.2, -0.15) is 0 Å². The molecule has 0 aliphatic carbocycles. The first-order valence-corrected chi connectivity index (χ1v) is 7.42. The largest absolute Gasteiger partial charge is 0.477 e. The number of carbonyl (C=O) groups is 2. The first-order valence-electron chi connectivity index (χ1n) is 6.37. The van der Waals surface area contributed by atoms with E-state index in [9.17, 15) is 18.4 Å². The number of carboxylic acids is 1. The summed E-state index contributed by atoms with van der Waals surface area (Å²) >= 11 is 1.34. The molecule has 1 saturated heterocycles. The van der Waals surface area contributed by atoms with Crippen LogP contribution in [-0.2, 0) is 9.59 Å². The van der Waals surface area contributed by atoms with Crippen molar-refractivity contribution < 1.29 is 28.2 Å². The van der Waals surface area contributed by atoms with E-state index in [4.69, 9.17) is 9.84 Å².